The summed E-state index contributed by atoms with van der Waals surface area (Å²) in [6.45, 7) is 6.26. The van der Waals surface area contributed by atoms with E-state index in [0.717, 1.165) is 55.9 Å². The summed E-state index contributed by atoms with van der Waals surface area (Å²) in [5.41, 5.74) is 1.92. The average molecular weight is 286 g/mol. The van der Waals surface area contributed by atoms with E-state index in [-0.39, 0.29) is 5.41 Å². The Balaban J connectivity index is 1.94. The van der Waals surface area contributed by atoms with Crippen LogP contribution in [0.2, 0.25) is 0 Å². The van der Waals surface area contributed by atoms with Crippen LogP contribution in [-0.2, 0) is 5.41 Å². The van der Waals surface area contributed by atoms with Gasteiger partial charge in [0.25, 0.3) is 0 Å². The molecule has 3 heterocycles. The molecule has 0 unspecified atom stereocenters. The van der Waals surface area contributed by atoms with E-state index in [4.69, 9.17) is 4.52 Å². The quantitative estimate of drug-likeness (QED) is 0.936. The van der Waals surface area contributed by atoms with Gasteiger partial charge in [-0.25, -0.2) is 0 Å². The van der Waals surface area contributed by atoms with Crippen LogP contribution >= 0.6 is 0 Å². The molecule has 2 aromatic heterocycles. The molecule has 2 aromatic rings. The summed E-state index contributed by atoms with van der Waals surface area (Å²) in [5, 5.41) is 7.59. The minimum atomic E-state index is 0.0356. The van der Waals surface area contributed by atoms with Crippen molar-refractivity contribution in [3.8, 4) is 11.5 Å². The summed E-state index contributed by atoms with van der Waals surface area (Å²) in [6, 6.07) is 3.94. The molecule has 0 aromatic carbocycles. The van der Waals surface area contributed by atoms with Gasteiger partial charge in [-0.2, -0.15) is 4.98 Å². The van der Waals surface area contributed by atoms with Crippen molar-refractivity contribution < 1.29 is 4.52 Å². The fourth-order valence-corrected chi connectivity index (χ4v) is 3.21. The molecular formula is C16H22N4O. The lowest BCUT2D eigenvalue weighted by atomic mass is 9.75. The van der Waals surface area contributed by atoms with Crippen molar-refractivity contribution in [3.05, 3.63) is 29.8 Å². The van der Waals surface area contributed by atoms with Gasteiger partial charge in [-0.3, -0.25) is 4.98 Å². The summed E-state index contributed by atoms with van der Waals surface area (Å²) < 4.78 is 5.64. The Morgan fingerprint density at radius 1 is 1.33 bits per heavy atom. The van der Waals surface area contributed by atoms with Gasteiger partial charge in [-0.1, -0.05) is 24.6 Å². The second-order valence-electron chi connectivity index (χ2n) is 5.87. The number of aromatic nitrogens is 3. The van der Waals surface area contributed by atoms with E-state index in [1.165, 1.54) is 0 Å². The summed E-state index contributed by atoms with van der Waals surface area (Å²) in [6.07, 6.45) is 6.11. The molecule has 1 aliphatic heterocycles. The van der Waals surface area contributed by atoms with Crippen LogP contribution in [-0.4, -0.2) is 28.2 Å². The normalized spacial score (nSPS) is 17.8. The summed E-state index contributed by atoms with van der Waals surface area (Å²) >= 11 is 0. The minimum absolute atomic E-state index is 0.0356. The molecule has 0 saturated carbocycles. The predicted molar refractivity (Wildman–Crippen MR) is 81.0 cm³/mol. The number of pyridine rings is 1. The summed E-state index contributed by atoms with van der Waals surface area (Å²) in [5.74, 6) is 1.39. The molecule has 5 nitrogen and oxygen atoms in total. The zero-order chi connectivity index (χ0) is 14.7. The fourth-order valence-electron chi connectivity index (χ4n) is 3.21. The molecule has 0 spiro atoms. The maximum Gasteiger partial charge on any atom is 0.233 e. The molecule has 1 aliphatic rings. The van der Waals surface area contributed by atoms with Crippen molar-refractivity contribution >= 4 is 0 Å². The average Bonchev–Trinajstić information content (AvgIpc) is 2.99. The van der Waals surface area contributed by atoms with Gasteiger partial charge in [0.1, 0.15) is 5.69 Å². The number of nitrogens with zero attached hydrogens (tertiary/aromatic N) is 3. The standard InChI is InChI=1S/C16H22N4O/c1-3-6-16(7-10-17-11-8-16)15-19-14(20-21-15)13-12(2)5-4-9-18-13/h4-5,9,17H,3,6-8,10-11H2,1-2H3. The van der Waals surface area contributed by atoms with E-state index < -0.39 is 0 Å². The van der Waals surface area contributed by atoms with Gasteiger partial charge in [-0.05, 0) is 50.9 Å². The first-order valence-electron chi connectivity index (χ1n) is 7.72. The number of piperidine rings is 1. The lowest BCUT2D eigenvalue weighted by molar-refractivity contribution is 0.208. The Kier molecular flexibility index (Phi) is 4.01. The molecule has 0 radical (unpaired) electrons. The van der Waals surface area contributed by atoms with Gasteiger partial charge < -0.3 is 9.84 Å². The van der Waals surface area contributed by atoms with Crippen molar-refractivity contribution in [2.24, 2.45) is 0 Å². The number of nitrogens with one attached hydrogen (secondary N) is 1. The molecule has 0 aliphatic carbocycles. The Hall–Kier alpha value is -1.75. The first-order valence-corrected chi connectivity index (χ1v) is 7.72. The minimum Gasteiger partial charge on any atom is -0.338 e. The lowest BCUT2D eigenvalue weighted by Crippen LogP contribution is -2.40. The van der Waals surface area contributed by atoms with E-state index in [0.29, 0.717) is 5.82 Å². The van der Waals surface area contributed by atoms with Gasteiger partial charge in [0.2, 0.25) is 11.7 Å². The predicted octanol–water partition coefficient (Wildman–Crippen LogP) is 2.86. The van der Waals surface area contributed by atoms with Crippen LogP contribution in [0.5, 0.6) is 0 Å². The molecule has 1 N–H and O–H groups in total. The van der Waals surface area contributed by atoms with Crippen molar-refractivity contribution in [2.75, 3.05) is 13.1 Å². The Morgan fingerprint density at radius 3 is 2.86 bits per heavy atom. The van der Waals surface area contributed by atoms with Gasteiger partial charge in [0.15, 0.2) is 0 Å². The number of hydrogen-bond acceptors (Lipinski definition) is 5. The molecule has 0 amide bonds. The highest BCUT2D eigenvalue weighted by atomic mass is 16.5. The molecule has 112 valence electrons. The molecular weight excluding hydrogens is 264 g/mol. The third-order valence-electron chi connectivity index (χ3n) is 4.39. The zero-order valence-corrected chi connectivity index (χ0v) is 12.7. The van der Waals surface area contributed by atoms with Crippen LogP contribution in [0, 0.1) is 6.92 Å². The molecule has 0 bridgehead atoms. The molecule has 21 heavy (non-hydrogen) atoms. The van der Waals surface area contributed by atoms with Crippen molar-refractivity contribution in [1.82, 2.24) is 20.4 Å². The number of hydrogen-bond donors (Lipinski definition) is 1. The van der Waals surface area contributed by atoms with Gasteiger partial charge in [0.05, 0.1) is 5.41 Å². The fraction of sp³-hybridized carbons (Fsp3) is 0.562. The molecule has 5 heteroatoms. The number of rotatable bonds is 4. The maximum absolute atomic E-state index is 5.64. The smallest absolute Gasteiger partial charge is 0.233 e. The van der Waals surface area contributed by atoms with Gasteiger partial charge in [0, 0.05) is 6.20 Å². The van der Waals surface area contributed by atoms with Crippen LogP contribution in [0.25, 0.3) is 11.5 Å². The number of aryl methyl sites for hydroxylation is 1. The largest absolute Gasteiger partial charge is 0.338 e. The third-order valence-corrected chi connectivity index (χ3v) is 4.39. The molecule has 3 rings (SSSR count). The van der Waals surface area contributed by atoms with Crippen LogP contribution in [0.4, 0.5) is 0 Å². The van der Waals surface area contributed by atoms with Gasteiger partial charge in [-0.15, -0.1) is 0 Å². The molecule has 1 fully saturated rings. The Morgan fingerprint density at radius 2 is 2.14 bits per heavy atom. The zero-order valence-electron chi connectivity index (χ0n) is 12.7. The second-order valence-corrected chi connectivity index (χ2v) is 5.87. The Labute approximate surface area is 125 Å². The molecule has 1 saturated heterocycles. The van der Waals surface area contributed by atoms with E-state index in [1.54, 1.807) is 6.20 Å². The first kappa shape index (κ1) is 14.2. The van der Waals surface area contributed by atoms with Crippen molar-refractivity contribution in [3.63, 3.8) is 0 Å². The van der Waals surface area contributed by atoms with E-state index in [9.17, 15) is 0 Å². The van der Waals surface area contributed by atoms with Crippen LogP contribution < -0.4 is 5.32 Å². The highest BCUT2D eigenvalue weighted by Gasteiger charge is 2.38. The lowest BCUT2D eigenvalue weighted by Gasteiger charge is -2.34. The van der Waals surface area contributed by atoms with Crippen LogP contribution in [0.3, 0.4) is 0 Å². The van der Waals surface area contributed by atoms with Gasteiger partial charge >= 0.3 is 0 Å². The Bertz CT molecular complexity index is 596. The van der Waals surface area contributed by atoms with E-state index in [1.807, 2.05) is 19.1 Å². The third kappa shape index (κ3) is 2.70. The van der Waals surface area contributed by atoms with Crippen molar-refractivity contribution in [2.45, 2.75) is 44.9 Å². The highest BCUT2D eigenvalue weighted by molar-refractivity contribution is 5.53. The highest BCUT2D eigenvalue weighted by Crippen LogP contribution is 2.37. The summed E-state index contributed by atoms with van der Waals surface area (Å²) in [7, 11) is 0. The van der Waals surface area contributed by atoms with E-state index >= 15 is 0 Å². The summed E-state index contributed by atoms with van der Waals surface area (Å²) in [4.78, 5) is 9.07. The topological polar surface area (TPSA) is 63.8 Å². The van der Waals surface area contributed by atoms with Crippen molar-refractivity contribution in [1.29, 1.82) is 0 Å². The SMILES string of the molecule is CCCC1(c2nc(-c3ncccc3C)no2)CCNCC1. The van der Waals surface area contributed by atoms with E-state index in [2.05, 4.69) is 27.4 Å². The van der Waals surface area contributed by atoms with Crippen LogP contribution in [0.1, 0.15) is 44.1 Å². The molecule has 0 atom stereocenters. The second kappa shape index (κ2) is 5.93. The maximum atomic E-state index is 5.64. The monoisotopic (exact) mass is 286 g/mol. The first-order chi connectivity index (χ1) is 10.2. The van der Waals surface area contributed by atoms with Crippen LogP contribution in [0.15, 0.2) is 22.9 Å².